The molecule has 7 heteroatoms. The molecule has 2 amide bonds. The van der Waals surface area contributed by atoms with E-state index in [1.807, 2.05) is 70.2 Å². The number of ketones is 1. The lowest BCUT2D eigenvalue weighted by molar-refractivity contribution is -0.119. The van der Waals surface area contributed by atoms with Crippen molar-refractivity contribution in [1.29, 1.82) is 0 Å². The van der Waals surface area contributed by atoms with Gasteiger partial charge in [-0.2, -0.15) is 0 Å². The van der Waals surface area contributed by atoms with E-state index in [1.165, 1.54) is 0 Å². The van der Waals surface area contributed by atoms with Crippen molar-refractivity contribution in [2.45, 2.75) is 27.7 Å². The Morgan fingerprint density at radius 2 is 1.10 bits per heavy atom. The minimum Gasteiger partial charge on any atom is -0.483 e. The second-order valence-corrected chi connectivity index (χ2v) is 9.67. The van der Waals surface area contributed by atoms with Crippen molar-refractivity contribution in [2.24, 2.45) is 0 Å². The van der Waals surface area contributed by atoms with Gasteiger partial charge in [0.2, 0.25) is 0 Å². The van der Waals surface area contributed by atoms with Crippen molar-refractivity contribution in [2.75, 3.05) is 23.8 Å². The van der Waals surface area contributed by atoms with Gasteiger partial charge >= 0.3 is 0 Å². The van der Waals surface area contributed by atoms with E-state index in [1.54, 1.807) is 42.5 Å². The lowest BCUT2D eigenvalue weighted by Crippen LogP contribution is -2.24. The molecule has 7 nitrogen and oxygen atoms in total. The van der Waals surface area contributed by atoms with Crippen LogP contribution < -0.4 is 20.1 Å². The molecule has 0 aliphatic heterocycles. The number of rotatable bonds is 10. The van der Waals surface area contributed by atoms with Crippen molar-refractivity contribution < 1.29 is 23.9 Å². The van der Waals surface area contributed by atoms with Crippen LogP contribution in [0, 0.1) is 27.7 Å². The maximum Gasteiger partial charge on any atom is 0.262 e. The Bertz CT molecular complexity index is 1550. The second kappa shape index (κ2) is 12.8. The molecule has 0 radical (unpaired) electrons. The quantitative estimate of drug-likeness (QED) is 0.236. The molecule has 0 saturated carbocycles. The van der Waals surface area contributed by atoms with E-state index >= 15 is 0 Å². The third-order valence-corrected chi connectivity index (χ3v) is 6.27. The molecule has 0 atom stereocenters. The standard InChI is InChI=1S/C33H32N2O5/c1-21-10-12-23(3)29(16-21)39-19-31(36)34-27-15-14-26(33(38)25-8-6-5-7-9-25)18-28(27)35-32(37)20-40-30-17-22(2)11-13-24(30)4/h5-18H,19-20H2,1-4H3,(H,34,36)(H,35,37). The summed E-state index contributed by atoms with van der Waals surface area (Å²) in [6.07, 6.45) is 0. The topological polar surface area (TPSA) is 93.7 Å². The summed E-state index contributed by atoms with van der Waals surface area (Å²) in [4.78, 5) is 38.8. The molecule has 4 aromatic rings. The Kier molecular flexibility index (Phi) is 8.96. The maximum absolute atomic E-state index is 13.1. The Hall–Kier alpha value is -4.91. The van der Waals surface area contributed by atoms with Crippen molar-refractivity contribution in [3.63, 3.8) is 0 Å². The summed E-state index contributed by atoms with van der Waals surface area (Å²) < 4.78 is 11.5. The number of amides is 2. The average Bonchev–Trinajstić information content (AvgIpc) is 2.95. The maximum atomic E-state index is 13.1. The molecule has 0 aliphatic rings. The monoisotopic (exact) mass is 536 g/mol. The average molecular weight is 537 g/mol. The first-order valence-electron chi connectivity index (χ1n) is 12.9. The number of benzene rings is 4. The van der Waals surface area contributed by atoms with Gasteiger partial charge in [0.1, 0.15) is 11.5 Å². The second-order valence-electron chi connectivity index (χ2n) is 9.67. The highest BCUT2D eigenvalue weighted by atomic mass is 16.5. The van der Waals surface area contributed by atoms with Crippen molar-refractivity contribution in [3.05, 3.63) is 118 Å². The van der Waals surface area contributed by atoms with E-state index in [4.69, 9.17) is 9.47 Å². The number of anilines is 2. The fourth-order valence-electron chi connectivity index (χ4n) is 4.04. The van der Waals surface area contributed by atoms with Gasteiger partial charge < -0.3 is 20.1 Å². The van der Waals surface area contributed by atoms with Gasteiger partial charge in [0, 0.05) is 11.1 Å². The molecular weight excluding hydrogens is 504 g/mol. The van der Waals surface area contributed by atoms with Crippen LogP contribution in [0.5, 0.6) is 11.5 Å². The number of ether oxygens (including phenoxy) is 2. The highest BCUT2D eigenvalue weighted by Gasteiger charge is 2.16. The SMILES string of the molecule is Cc1ccc(C)c(OCC(=O)Nc2ccc(C(=O)c3ccccc3)cc2NC(=O)COc2cc(C)ccc2C)c1. The van der Waals surface area contributed by atoms with Crippen LogP contribution in [0.4, 0.5) is 11.4 Å². The van der Waals surface area contributed by atoms with Gasteiger partial charge in [0.05, 0.1) is 11.4 Å². The third kappa shape index (κ3) is 7.35. The fourth-order valence-corrected chi connectivity index (χ4v) is 4.04. The van der Waals surface area contributed by atoms with Crippen molar-refractivity contribution in [1.82, 2.24) is 0 Å². The summed E-state index contributed by atoms with van der Waals surface area (Å²) in [5.74, 6) is 0.174. The molecule has 0 fully saturated rings. The molecule has 2 N–H and O–H groups in total. The summed E-state index contributed by atoms with van der Waals surface area (Å²) in [6.45, 7) is 7.23. The van der Waals surface area contributed by atoms with Crippen LogP contribution >= 0.6 is 0 Å². The first-order chi connectivity index (χ1) is 19.2. The van der Waals surface area contributed by atoms with Gasteiger partial charge in [-0.25, -0.2) is 0 Å². The van der Waals surface area contributed by atoms with Crippen LogP contribution in [0.1, 0.15) is 38.2 Å². The van der Waals surface area contributed by atoms with E-state index in [2.05, 4.69) is 10.6 Å². The predicted octanol–water partition coefficient (Wildman–Crippen LogP) is 6.19. The first-order valence-corrected chi connectivity index (χ1v) is 12.9. The number of hydrogen-bond donors (Lipinski definition) is 2. The highest BCUT2D eigenvalue weighted by Crippen LogP contribution is 2.26. The molecule has 4 aromatic carbocycles. The lowest BCUT2D eigenvalue weighted by atomic mass is 10.0. The van der Waals surface area contributed by atoms with Gasteiger partial charge in [-0.15, -0.1) is 0 Å². The number of carbonyl (C=O) groups is 3. The van der Waals surface area contributed by atoms with Gasteiger partial charge in [0.25, 0.3) is 11.8 Å². The molecule has 0 unspecified atom stereocenters. The summed E-state index contributed by atoms with van der Waals surface area (Å²) in [5.41, 5.74) is 5.34. The van der Waals surface area contributed by atoms with E-state index in [0.717, 1.165) is 22.3 Å². The minimum absolute atomic E-state index is 0.209. The zero-order valence-electron chi connectivity index (χ0n) is 23.0. The van der Waals surface area contributed by atoms with Gasteiger partial charge in [0.15, 0.2) is 19.0 Å². The van der Waals surface area contributed by atoms with Crippen molar-refractivity contribution in [3.8, 4) is 11.5 Å². The van der Waals surface area contributed by atoms with Crippen LogP contribution in [0.25, 0.3) is 0 Å². The van der Waals surface area contributed by atoms with Gasteiger partial charge in [-0.05, 0) is 80.3 Å². The van der Waals surface area contributed by atoms with Crippen molar-refractivity contribution >= 4 is 29.0 Å². The zero-order chi connectivity index (χ0) is 28.6. The molecule has 40 heavy (non-hydrogen) atoms. The molecule has 204 valence electrons. The Labute approximate surface area is 234 Å². The number of hydrogen-bond acceptors (Lipinski definition) is 5. The first kappa shape index (κ1) is 28.1. The Balaban J connectivity index is 1.52. The molecule has 0 aromatic heterocycles. The minimum atomic E-state index is -0.438. The Morgan fingerprint density at radius 1 is 0.575 bits per heavy atom. The summed E-state index contributed by atoms with van der Waals surface area (Å²) in [5, 5.41) is 5.57. The summed E-state index contributed by atoms with van der Waals surface area (Å²) in [7, 11) is 0. The zero-order valence-corrected chi connectivity index (χ0v) is 23.0. The highest BCUT2D eigenvalue weighted by molar-refractivity contribution is 6.11. The largest absolute Gasteiger partial charge is 0.483 e. The molecule has 4 rings (SSSR count). The predicted molar refractivity (Wildman–Crippen MR) is 156 cm³/mol. The number of aryl methyl sites for hydroxylation is 4. The smallest absolute Gasteiger partial charge is 0.262 e. The van der Waals surface area contributed by atoms with E-state index in [9.17, 15) is 14.4 Å². The third-order valence-electron chi connectivity index (χ3n) is 6.27. The fraction of sp³-hybridized carbons (Fsp3) is 0.182. The lowest BCUT2D eigenvalue weighted by Gasteiger charge is -2.16. The molecule has 0 spiro atoms. The summed E-state index contributed by atoms with van der Waals surface area (Å²) in [6, 6.07) is 25.1. The van der Waals surface area contributed by atoms with Gasteiger partial charge in [-0.1, -0.05) is 54.6 Å². The van der Waals surface area contributed by atoms with Crippen LogP contribution in [0.3, 0.4) is 0 Å². The Morgan fingerprint density at radius 3 is 1.65 bits per heavy atom. The molecule has 0 bridgehead atoms. The number of nitrogens with one attached hydrogen (secondary N) is 2. The summed E-state index contributed by atoms with van der Waals surface area (Å²) >= 11 is 0. The molecular formula is C33H32N2O5. The van der Waals surface area contributed by atoms with Crippen LogP contribution in [0.15, 0.2) is 84.9 Å². The molecule has 0 aliphatic carbocycles. The van der Waals surface area contributed by atoms with E-state index < -0.39 is 11.8 Å². The normalized spacial score (nSPS) is 10.5. The molecule has 0 heterocycles. The molecule has 0 saturated heterocycles. The van der Waals surface area contributed by atoms with Crippen LogP contribution in [-0.4, -0.2) is 30.8 Å². The van der Waals surface area contributed by atoms with E-state index in [-0.39, 0.29) is 24.7 Å². The van der Waals surface area contributed by atoms with Gasteiger partial charge in [-0.3, -0.25) is 14.4 Å². The number of carbonyl (C=O) groups excluding carboxylic acids is 3. The van der Waals surface area contributed by atoms with Crippen LogP contribution in [-0.2, 0) is 9.59 Å². The van der Waals surface area contributed by atoms with E-state index in [0.29, 0.717) is 28.3 Å². The van der Waals surface area contributed by atoms with Crippen LogP contribution in [0.2, 0.25) is 0 Å².